The van der Waals surface area contributed by atoms with Gasteiger partial charge in [0.05, 0.1) is 28.3 Å². The second-order valence-corrected chi connectivity index (χ2v) is 11.2. The predicted molar refractivity (Wildman–Crippen MR) is 131 cm³/mol. The second kappa shape index (κ2) is 9.63. The van der Waals surface area contributed by atoms with E-state index in [1.54, 1.807) is 35.2 Å². The zero-order valence-electron chi connectivity index (χ0n) is 20.3. The zero-order chi connectivity index (χ0) is 24.4. The number of anilines is 2. The van der Waals surface area contributed by atoms with Crippen molar-refractivity contribution in [2.75, 3.05) is 29.4 Å². The average molecular weight is 475 g/mol. The molecule has 0 radical (unpaired) electrons. The van der Waals surface area contributed by atoms with Gasteiger partial charge in [0.1, 0.15) is 18.1 Å². The highest BCUT2D eigenvalue weighted by Crippen LogP contribution is 2.39. The third-order valence-corrected chi connectivity index (χ3v) is 6.76. The number of hydrogen-bond donors (Lipinski definition) is 1. The van der Waals surface area contributed by atoms with Gasteiger partial charge in [-0.25, -0.2) is 8.42 Å². The van der Waals surface area contributed by atoms with Crippen molar-refractivity contribution in [1.82, 2.24) is 0 Å². The molecule has 0 unspecified atom stereocenters. The topological polar surface area (TPSA) is 84.9 Å². The first-order chi connectivity index (χ1) is 15.4. The summed E-state index contributed by atoms with van der Waals surface area (Å²) >= 11 is 0. The number of fused-ring (bicyclic) bond motifs is 1. The van der Waals surface area contributed by atoms with Crippen LogP contribution in [-0.4, -0.2) is 34.1 Å². The van der Waals surface area contributed by atoms with Gasteiger partial charge in [-0.2, -0.15) is 0 Å². The van der Waals surface area contributed by atoms with Gasteiger partial charge in [0.25, 0.3) is 10.0 Å². The summed E-state index contributed by atoms with van der Waals surface area (Å²) in [6.45, 7) is 13.0. The van der Waals surface area contributed by atoms with Crippen molar-refractivity contribution in [1.29, 1.82) is 0 Å². The van der Waals surface area contributed by atoms with Crippen molar-refractivity contribution in [3.63, 3.8) is 0 Å². The molecule has 1 amide bonds. The van der Waals surface area contributed by atoms with Crippen molar-refractivity contribution < 1.29 is 22.7 Å². The minimum atomic E-state index is -3.82. The molecule has 0 aromatic heterocycles. The molecular formula is C25H34N2O5S. The number of hydrogen-bond acceptors (Lipinski definition) is 5. The Balaban J connectivity index is 1.89. The van der Waals surface area contributed by atoms with Crippen LogP contribution >= 0.6 is 0 Å². The van der Waals surface area contributed by atoms with Gasteiger partial charge in [0.2, 0.25) is 5.91 Å². The number of nitrogens with one attached hydrogen (secondary N) is 1. The number of nitrogens with zero attached hydrogens (tertiary/aromatic N) is 1. The molecule has 0 aliphatic carbocycles. The zero-order valence-corrected chi connectivity index (χ0v) is 21.1. The van der Waals surface area contributed by atoms with Gasteiger partial charge < -0.3 is 14.4 Å². The molecular weight excluding hydrogens is 440 g/mol. The molecule has 1 aliphatic rings. The van der Waals surface area contributed by atoms with Gasteiger partial charge in [0, 0.05) is 12.6 Å². The van der Waals surface area contributed by atoms with E-state index >= 15 is 0 Å². The summed E-state index contributed by atoms with van der Waals surface area (Å²) in [5.41, 5.74) is 1.08. The minimum absolute atomic E-state index is 0.0101. The Kier molecular flexibility index (Phi) is 7.26. The molecule has 8 heteroatoms. The standard InChI is InChI=1S/C25H34N2O5S/c1-7-12-31-22-11-9-20(13-18(22)4)33(29,30)26-19-8-10-21-23(14-19)32-16-25(5,6)24(28)27(21)15-17(2)3/h8-11,13-14,17,26H,7,12,15-16H2,1-6H3. The summed E-state index contributed by atoms with van der Waals surface area (Å²) in [5, 5.41) is 0. The Hall–Kier alpha value is -2.74. The summed E-state index contributed by atoms with van der Waals surface area (Å²) in [6, 6.07) is 9.84. The van der Waals surface area contributed by atoms with E-state index in [9.17, 15) is 13.2 Å². The number of ether oxygens (including phenoxy) is 2. The quantitative estimate of drug-likeness (QED) is 0.582. The first-order valence-electron chi connectivity index (χ1n) is 11.3. The summed E-state index contributed by atoms with van der Waals surface area (Å²) in [5.74, 6) is 1.41. The maximum atomic E-state index is 13.1. The minimum Gasteiger partial charge on any atom is -0.493 e. The van der Waals surface area contributed by atoms with E-state index in [-0.39, 0.29) is 23.3 Å². The number of rotatable bonds is 8. The van der Waals surface area contributed by atoms with Gasteiger partial charge >= 0.3 is 0 Å². The summed E-state index contributed by atoms with van der Waals surface area (Å²) in [4.78, 5) is 15.0. The number of aryl methyl sites for hydroxylation is 1. The number of carbonyl (C=O) groups is 1. The van der Waals surface area contributed by atoms with Crippen LogP contribution in [0.3, 0.4) is 0 Å². The number of amides is 1. The maximum Gasteiger partial charge on any atom is 0.261 e. The molecule has 0 atom stereocenters. The lowest BCUT2D eigenvalue weighted by molar-refractivity contribution is -0.127. The molecule has 3 rings (SSSR count). The molecule has 2 aromatic rings. The number of benzene rings is 2. The normalized spacial score (nSPS) is 15.6. The van der Waals surface area contributed by atoms with Crippen LogP contribution in [0.2, 0.25) is 0 Å². The Labute approximate surface area is 197 Å². The highest BCUT2D eigenvalue weighted by atomic mass is 32.2. The Morgan fingerprint density at radius 2 is 1.91 bits per heavy atom. The predicted octanol–water partition coefficient (Wildman–Crippen LogP) is 4.99. The Morgan fingerprint density at radius 1 is 1.18 bits per heavy atom. The van der Waals surface area contributed by atoms with Gasteiger partial charge in [-0.15, -0.1) is 0 Å². The van der Waals surface area contributed by atoms with E-state index in [2.05, 4.69) is 18.6 Å². The smallest absolute Gasteiger partial charge is 0.261 e. The van der Waals surface area contributed by atoms with E-state index in [4.69, 9.17) is 9.47 Å². The summed E-state index contributed by atoms with van der Waals surface area (Å²) in [7, 11) is -3.82. The fourth-order valence-corrected chi connectivity index (χ4v) is 4.77. The first kappa shape index (κ1) is 24.9. The highest BCUT2D eigenvalue weighted by molar-refractivity contribution is 7.92. The maximum absolute atomic E-state index is 13.1. The molecule has 2 aromatic carbocycles. The molecule has 0 bridgehead atoms. The van der Waals surface area contributed by atoms with Crippen molar-refractivity contribution in [3.8, 4) is 11.5 Å². The van der Waals surface area contributed by atoms with E-state index in [0.29, 0.717) is 36.0 Å². The van der Waals surface area contributed by atoms with Crippen LogP contribution in [0.5, 0.6) is 11.5 Å². The second-order valence-electron chi connectivity index (χ2n) is 9.55. The fraction of sp³-hybridized carbons (Fsp3) is 0.480. The van der Waals surface area contributed by atoms with Crippen molar-refractivity contribution in [2.24, 2.45) is 11.3 Å². The van der Waals surface area contributed by atoms with Gasteiger partial charge in [-0.3, -0.25) is 9.52 Å². The molecule has 7 nitrogen and oxygen atoms in total. The number of carbonyl (C=O) groups excluding carboxylic acids is 1. The molecule has 180 valence electrons. The van der Waals surface area contributed by atoms with E-state index in [1.807, 2.05) is 27.7 Å². The lowest BCUT2D eigenvalue weighted by Crippen LogP contribution is -2.43. The molecule has 1 aliphatic heterocycles. The summed E-state index contributed by atoms with van der Waals surface area (Å²) < 4.78 is 40.3. The number of sulfonamides is 1. The van der Waals surface area contributed by atoms with E-state index in [1.165, 1.54) is 6.07 Å². The Bertz CT molecular complexity index is 1130. The molecule has 1 N–H and O–H groups in total. The first-order valence-corrected chi connectivity index (χ1v) is 12.8. The third kappa shape index (κ3) is 5.61. The molecule has 0 saturated heterocycles. The van der Waals surface area contributed by atoms with Gasteiger partial charge in [0.15, 0.2) is 0 Å². The van der Waals surface area contributed by atoms with Crippen molar-refractivity contribution in [3.05, 3.63) is 42.0 Å². The van der Waals surface area contributed by atoms with Crippen LogP contribution in [0.25, 0.3) is 0 Å². The monoisotopic (exact) mass is 474 g/mol. The lowest BCUT2D eigenvalue weighted by Gasteiger charge is -2.29. The van der Waals surface area contributed by atoms with Crippen LogP contribution in [0.4, 0.5) is 11.4 Å². The van der Waals surface area contributed by atoms with Crippen LogP contribution < -0.4 is 19.1 Å². The molecule has 1 heterocycles. The highest BCUT2D eigenvalue weighted by Gasteiger charge is 2.38. The van der Waals surface area contributed by atoms with E-state index in [0.717, 1.165) is 12.0 Å². The largest absolute Gasteiger partial charge is 0.493 e. The Morgan fingerprint density at radius 3 is 2.55 bits per heavy atom. The molecule has 0 spiro atoms. The van der Waals surface area contributed by atoms with E-state index < -0.39 is 15.4 Å². The fourth-order valence-electron chi connectivity index (χ4n) is 3.63. The average Bonchev–Trinajstić information content (AvgIpc) is 2.82. The summed E-state index contributed by atoms with van der Waals surface area (Å²) in [6.07, 6.45) is 0.874. The molecule has 0 fully saturated rings. The van der Waals surface area contributed by atoms with Crippen LogP contribution in [0, 0.1) is 18.3 Å². The van der Waals surface area contributed by atoms with Crippen LogP contribution in [0.1, 0.15) is 46.6 Å². The molecule has 0 saturated carbocycles. The van der Waals surface area contributed by atoms with Crippen LogP contribution in [0.15, 0.2) is 41.3 Å². The SMILES string of the molecule is CCCOc1ccc(S(=O)(=O)Nc2ccc3c(c2)OCC(C)(C)C(=O)N3CC(C)C)cc1C. The lowest BCUT2D eigenvalue weighted by atomic mass is 9.92. The molecule has 33 heavy (non-hydrogen) atoms. The van der Waals surface area contributed by atoms with Crippen LogP contribution in [-0.2, 0) is 14.8 Å². The van der Waals surface area contributed by atoms with Gasteiger partial charge in [-0.05, 0) is 69.0 Å². The third-order valence-electron chi connectivity index (χ3n) is 5.38. The van der Waals surface area contributed by atoms with Crippen molar-refractivity contribution >= 4 is 27.3 Å². The van der Waals surface area contributed by atoms with Crippen molar-refractivity contribution in [2.45, 2.75) is 52.9 Å². The van der Waals surface area contributed by atoms with Gasteiger partial charge in [-0.1, -0.05) is 20.8 Å².